The highest BCUT2D eigenvalue weighted by molar-refractivity contribution is 5.52. The predicted molar refractivity (Wildman–Crippen MR) is 69.2 cm³/mol. The van der Waals surface area contributed by atoms with Crippen LogP contribution >= 0.6 is 0 Å². The number of piperidine rings is 1. The molecule has 122 valence electrons. The van der Waals surface area contributed by atoms with Gasteiger partial charge in [0.25, 0.3) is 0 Å². The highest BCUT2D eigenvalue weighted by Crippen LogP contribution is 2.35. The standard InChI is InChI=1S/C14H15F4NO3/c15-11-2-1-10(22-14(16,17)18)9-12(11)19-5-3-13(4-6-19)20-7-8-21-13/h1-2,9H,3-8H2. The van der Waals surface area contributed by atoms with Crippen LogP contribution in [-0.4, -0.2) is 38.5 Å². The molecule has 0 unspecified atom stereocenters. The largest absolute Gasteiger partial charge is 0.573 e. The zero-order valence-corrected chi connectivity index (χ0v) is 11.7. The van der Waals surface area contributed by atoms with E-state index < -0.39 is 23.7 Å². The van der Waals surface area contributed by atoms with Crippen LogP contribution in [0.4, 0.5) is 23.2 Å². The summed E-state index contributed by atoms with van der Waals surface area (Å²) < 4.78 is 65.7. The van der Waals surface area contributed by atoms with Gasteiger partial charge in [-0.15, -0.1) is 13.2 Å². The Morgan fingerprint density at radius 2 is 1.73 bits per heavy atom. The smallest absolute Gasteiger partial charge is 0.406 e. The molecule has 2 saturated heterocycles. The third-order valence-corrected chi connectivity index (χ3v) is 3.83. The van der Waals surface area contributed by atoms with Gasteiger partial charge in [-0.25, -0.2) is 4.39 Å². The van der Waals surface area contributed by atoms with Gasteiger partial charge in [-0.1, -0.05) is 0 Å². The Hall–Kier alpha value is -1.54. The number of ether oxygens (including phenoxy) is 3. The minimum atomic E-state index is -4.80. The van der Waals surface area contributed by atoms with Crippen molar-refractivity contribution in [1.82, 2.24) is 0 Å². The lowest BCUT2D eigenvalue weighted by atomic mass is 10.0. The Kier molecular flexibility index (Phi) is 3.90. The normalized spacial score (nSPS) is 21.4. The lowest BCUT2D eigenvalue weighted by Crippen LogP contribution is -2.45. The van der Waals surface area contributed by atoms with Gasteiger partial charge in [-0.3, -0.25) is 0 Å². The summed E-state index contributed by atoms with van der Waals surface area (Å²) in [5.74, 6) is -1.64. The summed E-state index contributed by atoms with van der Waals surface area (Å²) in [5.41, 5.74) is 0.0922. The van der Waals surface area contributed by atoms with E-state index in [0.29, 0.717) is 39.1 Å². The first-order valence-electron chi connectivity index (χ1n) is 6.95. The van der Waals surface area contributed by atoms with Gasteiger partial charge in [0.05, 0.1) is 18.9 Å². The number of benzene rings is 1. The maximum absolute atomic E-state index is 13.9. The summed E-state index contributed by atoms with van der Waals surface area (Å²) in [6, 6.07) is 3.00. The molecule has 1 aromatic rings. The highest BCUT2D eigenvalue weighted by atomic mass is 19.4. The molecule has 0 amide bonds. The van der Waals surface area contributed by atoms with Gasteiger partial charge >= 0.3 is 6.36 Å². The van der Waals surface area contributed by atoms with Gasteiger partial charge in [-0.2, -0.15) is 0 Å². The Morgan fingerprint density at radius 3 is 2.32 bits per heavy atom. The molecule has 8 heteroatoms. The molecule has 0 aromatic heterocycles. The first kappa shape index (κ1) is 15.4. The topological polar surface area (TPSA) is 30.9 Å². The summed E-state index contributed by atoms with van der Waals surface area (Å²) in [6.45, 7) is 1.94. The van der Waals surface area contributed by atoms with Crippen molar-refractivity contribution in [3.8, 4) is 5.75 Å². The molecule has 0 aliphatic carbocycles. The van der Waals surface area contributed by atoms with E-state index in [1.165, 1.54) is 0 Å². The first-order valence-corrected chi connectivity index (χ1v) is 6.95. The van der Waals surface area contributed by atoms with Crippen molar-refractivity contribution in [2.45, 2.75) is 25.0 Å². The number of hydrogen-bond acceptors (Lipinski definition) is 4. The van der Waals surface area contributed by atoms with Crippen molar-refractivity contribution in [2.75, 3.05) is 31.2 Å². The molecule has 3 rings (SSSR count). The summed E-state index contributed by atoms with van der Waals surface area (Å²) in [5, 5.41) is 0. The third kappa shape index (κ3) is 3.27. The third-order valence-electron chi connectivity index (χ3n) is 3.83. The fourth-order valence-electron chi connectivity index (χ4n) is 2.81. The number of halogens is 4. The molecule has 2 heterocycles. The van der Waals surface area contributed by atoms with Crippen molar-refractivity contribution in [2.24, 2.45) is 0 Å². The SMILES string of the molecule is Fc1ccc(OC(F)(F)F)cc1N1CCC2(CC1)OCCO2. The molecule has 22 heavy (non-hydrogen) atoms. The summed E-state index contributed by atoms with van der Waals surface area (Å²) in [6.07, 6.45) is -3.72. The van der Waals surface area contributed by atoms with Crippen LogP contribution < -0.4 is 9.64 Å². The Balaban J connectivity index is 1.73. The van der Waals surface area contributed by atoms with Crippen LogP contribution in [-0.2, 0) is 9.47 Å². The van der Waals surface area contributed by atoms with Gasteiger partial charge in [0.2, 0.25) is 0 Å². The number of alkyl halides is 3. The van der Waals surface area contributed by atoms with Crippen LogP contribution in [0, 0.1) is 5.82 Å². The van der Waals surface area contributed by atoms with E-state index >= 15 is 0 Å². The molecule has 2 aliphatic heterocycles. The maximum atomic E-state index is 13.9. The molecule has 0 bridgehead atoms. The summed E-state index contributed by atoms with van der Waals surface area (Å²) in [7, 11) is 0. The highest BCUT2D eigenvalue weighted by Gasteiger charge is 2.40. The van der Waals surface area contributed by atoms with E-state index in [0.717, 1.165) is 18.2 Å². The number of anilines is 1. The number of rotatable bonds is 2. The van der Waals surface area contributed by atoms with Crippen LogP contribution in [0.25, 0.3) is 0 Å². The van der Waals surface area contributed by atoms with E-state index in [9.17, 15) is 17.6 Å². The van der Waals surface area contributed by atoms with E-state index in [1.54, 1.807) is 4.90 Å². The molecule has 0 N–H and O–H groups in total. The van der Waals surface area contributed by atoms with Crippen LogP contribution in [0.3, 0.4) is 0 Å². The van der Waals surface area contributed by atoms with Crippen LogP contribution in [0.5, 0.6) is 5.75 Å². The fourth-order valence-corrected chi connectivity index (χ4v) is 2.81. The van der Waals surface area contributed by atoms with Crippen LogP contribution in [0.2, 0.25) is 0 Å². The molecule has 0 atom stereocenters. The second kappa shape index (κ2) is 5.58. The minimum Gasteiger partial charge on any atom is -0.406 e. The Morgan fingerprint density at radius 1 is 1.09 bits per heavy atom. The average Bonchev–Trinajstić information content (AvgIpc) is 2.89. The van der Waals surface area contributed by atoms with Crippen LogP contribution in [0.1, 0.15) is 12.8 Å². The first-order chi connectivity index (χ1) is 10.4. The van der Waals surface area contributed by atoms with E-state index in [4.69, 9.17) is 9.47 Å². The monoisotopic (exact) mass is 321 g/mol. The predicted octanol–water partition coefficient (Wildman–Crippen LogP) is 3.07. The number of hydrogen-bond donors (Lipinski definition) is 0. The maximum Gasteiger partial charge on any atom is 0.573 e. The molecular weight excluding hydrogens is 306 g/mol. The second-order valence-corrected chi connectivity index (χ2v) is 5.26. The molecule has 2 fully saturated rings. The lowest BCUT2D eigenvalue weighted by molar-refractivity contribution is -0.274. The molecular formula is C14H15F4NO3. The van der Waals surface area contributed by atoms with Crippen molar-refractivity contribution in [3.05, 3.63) is 24.0 Å². The molecule has 2 aliphatic rings. The van der Waals surface area contributed by atoms with Gasteiger partial charge in [0, 0.05) is 32.0 Å². The molecule has 1 aromatic carbocycles. The minimum absolute atomic E-state index is 0.0922. The van der Waals surface area contributed by atoms with Gasteiger partial charge < -0.3 is 19.1 Å². The zero-order chi connectivity index (χ0) is 15.8. The van der Waals surface area contributed by atoms with Crippen molar-refractivity contribution in [1.29, 1.82) is 0 Å². The van der Waals surface area contributed by atoms with Gasteiger partial charge in [-0.05, 0) is 12.1 Å². The van der Waals surface area contributed by atoms with Crippen molar-refractivity contribution >= 4 is 5.69 Å². The van der Waals surface area contributed by atoms with Gasteiger partial charge in [0.15, 0.2) is 5.79 Å². The Bertz CT molecular complexity index is 533. The Labute approximate surface area is 124 Å². The summed E-state index contributed by atoms with van der Waals surface area (Å²) in [4.78, 5) is 1.68. The fraction of sp³-hybridized carbons (Fsp3) is 0.571. The molecule has 4 nitrogen and oxygen atoms in total. The van der Waals surface area contributed by atoms with E-state index in [1.807, 2.05) is 0 Å². The lowest BCUT2D eigenvalue weighted by Gasteiger charge is -2.38. The van der Waals surface area contributed by atoms with Crippen molar-refractivity contribution in [3.63, 3.8) is 0 Å². The van der Waals surface area contributed by atoms with E-state index in [-0.39, 0.29) is 5.69 Å². The second-order valence-electron chi connectivity index (χ2n) is 5.26. The quantitative estimate of drug-likeness (QED) is 0.784. The molecule has 0 radical (unpaired) electrons. The van der Waals surface area contributed by atoms with Crippen LogP contribution in [0.15, 0.2) is 18.2 Å². The zero-order valence-electron chi connectivity index (χ0n) is 11.7. The molecule has 0 saturated carbocycles. The summed E-state index contributed by atoms with van der Waals surface area (Å²) >= 11 is 0. The number of nitrogens with zero attached hydrogens (tertiary/aromatic N) is 1. The molecule has 1 spiro atoms. The average molecular weight is 321 g/mol. The van der Waals surface area contributed by atoms with E-state index in [2.05, 4.69) is 4.74 Å². The van der Waals surface area contributed by atoms with Gasteiger partial charge in [0.1, 0.15) is 11.6 Å². The van der Waals surface area contributed by atoms with Crippen molar-refractivity contribution < 1.29 is 31.8 Å².